The third-order valence-electron chi connectivity index (χ3n) is 8.06. The molecule has 0 aliphatic carbocycles. The molecule has 2 aromatic carbocycles. The first-order valence-corrected chi connectivity index (χ1v) is 16.9. The molecule has 0 aromatic heterocycles. The Morgan fingerprint density at radius 1 is 0.812 bits per heavy atom. The van der Waals surface area contributed by atoms with Crippen molar-refractivity contribution in [1.82, 2.24) is 4.90 Å². The van der Waals surface area contributed by atoms with Crippen LogP contribution in [0.5, 0.6) is 0 Å². The molecule has 2 aromatic rings. The highest BCUT2D eigenvalue weighted by atomic mass is 16.5. The Balaban J connectivity index is 0.000000993. The van der Waals surface area contributed by atoms with E-state index in [0.29, 0.717) is 32.5 Å². The molecule has 2 atom stereocenters. The first-order chi connectivity index (χ1) is 22.8. The summed E-state index contributed by atoms with van der Waals surface area (Å²) in [6, 6.07) is 17.4. The summed E-state index contributed by atoms with van der Waals surface area (Å²) in [4.78, 5) is 59.0. The van der Waals surface area contributed by atoms with E-state index in [-0.39, 0.29) is 37.6 Å². The van der Waals surface area contributed by atoms with Crippen molar-refractivity contribution in [3.63, 3.8) is 0 Å². The van der Waals surface area contributed by atoms with Crippen LogP contribution in [0.3, 0.4) is 0 Å². The molecular weight excluding hydrogens is 614 g/mol. The summed E-state index contributed by atoms with van der Waals surface area (Å²) in [5.74, 6) is -3.06. The predicted molar refractivity (Wildman–Crippen MR) is 186 cm³/mol. The quantitative estimate of drug-likeness (QED) is 0.0917. The monoisotopic (exact) mass is 669 g/mol. The largest absolute Gasteiger partial charge is 0.481 e. The number of nitrogens with two attached hydrogens (primary N) is 2. The lowest BCUT2D eigenvalue weighted by molar-refractivity contribution is -0.155. The molecule has 0 saturated carbocycles. The number of rotatable bonds is 22. The molecule has 0 fully saturated rings. The van der Waals surface area contributed by atoms with Crippen LogP contribution in [0.1, 0.15) is 97.0 Å². The summed E-state index contributed by atoms with van der Waals surface area (Å²) in [5, 5.41) is 17.3. The van der Waals surface area contributed by atoms with Crippen LogP contribution in [0.15, 0.2) is 54.6 Å². The van der Waals surface area contributed by atoms with Gasteiger partial charge in [0, 0.05) is 25.9 Å². The number of benzene rings is 2. The normalized spacial score (nSPS) is 12.5. The molecule has 2 rings (SSSR count). The minimum Gasteiger partial charge on any atom is -0.481 e. The van der Waals surface area contributed by atoms with E-state index in [2.05, 4.69) is 31.2 Å². The van der Waals surface area contributed by atoms with E-state index in [0.717, 1.165) is 36.0 Å². The molecule has 0 heterocycles. The molecule has 266 valence electrons. The molecule has 2 amide bonds. The summed E-state index contributed by atoms with van der Waals surface area (Å²) in [5.41, 5.74) is 12.3. The lowest BCUT2D eigenvalue weighted by Gasteiger charge is -2.31. The molecule has 0 saturated heterocycles. The number of ether oxygens (including phenoxy) is 1. The second-order valence-corrected chi connectivity index (χ2v) is 12.3. The maximum Gasteiger partial charge on any atom is 0.320 e. The zero-order chi connectivity index (χ0) is 36.0. The van der Waals surface area contributed by atoms with Crippen LogP contribution in [0.25, 0.3) is 11.1 Å². The van der Waals surface area contributed by atoms with Gasteiger partial charge in [0.25, 0.3) is 0 Å². The van der Waals surface area contributed by atoms with Gasteiger partial charge in [0.15, 0.2) is 0 Å². The number of carbonyl (C=O) groups excluding carboxylic acids is 3. The number of carboxylic acids is 2. The van der Waals surface area contributed by atoms with Crippen molar-refractivity contribution in [3.8, 4) is 11.1 Å². The minimum absolute atomic E-state index is 0.0213. The first kappa shape index (κ1) is 41.8. The molecule has 0 bridgehead atoms. The van der Waals surface area contributed by atoms with E-state index in [9.17, 15) is 24.0 Å². The zero-order valence-electron chi connectivity index (χ0n) is 28.8. The summed E-state index contributed by atoms with van der Waals surface area (Å²) < 4.78 is 5.46. The third-order valence-corrected chi connectivity index (χ3v) is 8.06. The Labute approximate surface area is 285 Å². The fourth-order valence-electron chi connectivity index (χ4n) is 5.08. The van der Waals surface area contributed by atoms with Crippen LogP contribution < -0.4 is 11.5 Å². The molecule has 6 N–H and O–H groups in total. The molecule has 0 spiro atoms. The van der Waals surface area contributed by atoms with E-state index >= 15 is 0 Å². The van der Waals surface area contributed by atoms with Crippen LogP contribution >= 0.6 is 0 Å². The second-order valence-electron chi connectivity index (χ2n) is 12.3. The van der Waals surface area contributed by atoms with Crippen LogP contribution in [0, 0.1) is 5.41 Å². The molecule has 0 aliphatic rings. The molecule has 48 heavy (non-hydrogen) atoms. The summed E-state index contributed by atoms with van der Waals surface area (Å²) in [6.45, 7) is 7.15. The van der Waals surface area contributed by atoms with Gasteiger partial charge < -0.3 is 31.3 Å². The smallest absolute Gasteiger partial charge is 0.320 e. The van der Waals surface area contributed by atoms with Crippen LogP contribution in [0.4, 0.5) is 0 Å². The predicted octanol–water partition coefficient (Wildman–Crippen LogP) is 5.57. The fraction of sp³-hybridized carbons (Fsp3) is 0.541. The van der Waals surface area contributed by atoms with E-state index in [4.69, 9.17) is 26.4 Å². The van der Waals surface area contributed by atoms with Crippen molar-refractivity contribution in [2.45, 2.75) is 104 Å². The maximum atomic E-state index is 13.1. The number of amides is 2. The molecular formula is C37H55N3O8. The van der Waals surface area contributed by atoms with Gasteiger partial charge in [0.1, 0.15) is 6.04 Å². The zero-order valence-corrected chi connectivity index (χ0v) is 28.8. The highest BCUT2D eigenvalue weighted by molar-refractivity contribution is 5.81. The van der Waals surface area contributed by atoms with E-state index < -0.39 is 29.3 Å². The van der Waals surface area contributed by atoms with Crippen molar-refractivity contribution >= 4 is 29.7 Å². The van der Waals surface area contributed by atoms with Crippen molar-refractivity contribution < 1.29 is 38.9 Å². The Hall–Kier alpha value is -4.25. The van der Waals surface area contributed by atoms with Gasteiger partial charge in [-0.25, -0.2) is 0 Å². The van der Waals surface area contributed by atoms with Gasteiger partial charge in [-0.1, -0.05) is 93.6 Å². The van der Waals surface area contributed by atoms with Gasteiger partial charge >= 0.3 is 17.9 Å². The minimum atomic E-state index is -1.11. The topological polar surface area (TPSA) is 190 Å². The summed E-state index contributed by atoms with van der Waals surface area (Å²) in [7, 11) is 0. The number of nitrogens with zero attached hydrogens (tertiary/aromatic N) is 1. The van der Waals surface area contributed by atoms with Crippen LogP contribution in [-0.4, -0.2) is 70.6 Å². The second kappa shape index (κ2) is 23.1. The molecule has 11 heteroatoms. The Kier molecular flexibility index (Phi) is 20.1. The van der Waals surface area contributed by atoms with Gasteiger partial charge in [-0.3, -0.25) is 24.0 Å². The number of carbonyl (C=O) groups is 5. The van der Waals surface area contributed by atoms with E-state index in [1.807, 2.05) is 37.3 Å². The number of aliphatic carboxylic acids is 2. The van der Waals surface area contributed by atoms with Gasteiger partial charge in [-0.05, 0) is 56.2 Å². The molecule has 0 unspecified atom stereocenters. The van der Waals surface area contributed by atoms with Gasteiger partial charge in [0.2, 0.25) is 11.8 Å². The average molecular weight is 670 g/mol. The summed E-state index contributed by atoms with van der Waals surface area (Å²) >= 11 is 0. The number of esters is 1. The van der Waals surface area contributed by atoms with Crippen LogP contribution in [0.2, 0.25) is 0 Å². The number of hydrogen-bond acceptors (Lipinski definition) is 7. The molecule has 0 aliphatic heterocycles. The number of carboxylic acid groups (broad SMARTS) is 2. The average Bonchev–Trinajstić information content (AvgIpc) is 3.06. The first-order valence-electron chi connectivity index (χ1n) is 16.9. The Bertz CT molecular complexity index is 1270. The van der Waals surface area contributed by atoms with Gasteiger partial charge in [0.05, 0.1) is 18.4 Å². The number of unbranched alkanes of at least 4 members (excludes halogenated alkanes) is 5. The molecule has 0 radical (unpaired) electrons. The Morgan fingerprint density at radius 2 is 1.42 bits per heavy atom. The lowest BCUT2D eigenvalue weighted by Crippen LogP contribution is -2.39. The lowest BCUT2D eigenvalue weighted by atomic mass is 9.80. The molecule has 11 nitrogen and oxygen atoms in total. The SMILES string of the molecule is CCCCCCCCN(CC[C@@](C)(Cc1ccc(-c2ccccc2)cc1)C(=O)OCC)C(=O)CCC(=O)O.NC(=O)CC[C@@H](N)C(=O)O. The standard InChI is InChI=1S/C32H45NO5.C5H10N2O3/c1-4-6-7-8-9-13-23-33(29(34)20-21-30(35)36)24-22-32(3,31(37)38-5-2)25-26-16-18-28(19-17-26)27-14-11-10-12-15-27;6-3(5(9)10)1-2-4(7)8/h10-12,14-19H,4-9,13,20-25H2,1-3H3,(H,35,36);3H,1-2,6H2,(H2,7,8)(H,9,10)/t32-;3-/m01/s1. The number of hydrogen-bond donors (Lipinski definition) is 4. The highest BCUT2D eigenvalue weighted by Crippen LogP contribution is 2.31. The van der Waals surface area contributed by atoms with Crippen molar-refractivity contribution in [3.05, 3.63) is 60.2 Å². The Morgan fingerprint density at radius 3 is 1.98 bits per heavy atom. The van der Waals surface area contributed by atoms with E-state index in [1.54, 1.807) is 11.8 Å². The van der Waals surface area contributed by atoms with Crippen molar-refractivity contribution in [2.75, 3.05) is 19.7 Å². The maximum absolute atomic E-state index is 13.1. The number of primary amides is 1. The van der Waals surface area contributed by atoms with Crippen LogP contribution in [-0.2, 0) is 35.1 Å². The fourth-order valence-corrected chi connectivity index (χ4v) is 5.08. The third kappa shape index (κ3) is 17.1. The van der Waals surface area contributed by atoms with Crippen molar-refractivity contribution in [1.29, 1.82) is 0 Å². The van der Waals surface area contributed by atoms with Crippen molar-refractivity contribution in [2.24, 2.45) is 16.9 Å². The van der Waals surface area contributed by atoms with E-state index in [1.165, 1.54) is 19.3 Å². The van der Waals surface area contributed by atoms with Gasteiger partial charge in [-0.2, -0.15) is 0 Å². The highest BCUT2D eigenvalue weighted by Gasteiger charge is 2.36. The van der Waals surface area contributed by atoms with Gasteiger partial charge in [-0.15, -0.1) is 0 Å². The summed E-state index contributed by atoms with van der Waals surface area (Å²) in [6.07, 6.45) is 7.47.